The number of nitrogens with one attached hydrogen (secondary N) is 2. The standard InChI is InChI=1S/C13H30N2Si/c1-5-14-16(12(3)4,15-6-2)13-10-8-7-9-11-13/h12-15H,5-11H2,1-4H3. The lowest BCUT2D eigenvalue weighted by molar-refractivity contribution is 0.472. The molecule has 16 heavy (non-hydrogen) atoms. The van der Waals surface area contributed by atoms with Gasteiger partial charge in [0.1, 0.15) is 0 Å². The molecule has 0 aliphatic heterocycles. The monoisotopic (exact) mass is 242 g/mol. The van der Waals surface area contributed by atoms with Crippen LogP contribution in [0.25, 0.3) is 0 Å². The Bertz CT molecular complexity index is 182. The van der Waals surface area contributed by atoms with Crippen molar-refractivity contribution in [3.05, 3.63) is 0 Å². The van der Waals surface area contributed by atoms with Crippen molar-refractivity contribution in [3.8, 4) is 0 Å². The maximum absolute atomic E-state index is 3.89. The molecular formula is C13H30N2Si. The third kappa shape index (κ3) is 3.08. The molecule has 0 amide bonds. The highest BCUT2D eigenvalue weighted by molar-refractivity contribution is 6.77. The van der Waals surface area contributed by atoms with Gasteiger partial charge in [-0.25, -0.2) is 0 Å². The van der Waals surface area contributed by atoms with E-state index in [1.807, 2.05) is 0 Å². The predicted molar refractivity (Wildman–Crippen MR) is 75.0 cm³/mol. The van der Waals surface area contributed by atoms with Crippen molar-refractivity contribution in [1.29, 1.82) is 0 Å². The second-order valence-electron chi connectivity index (χ2n) is 5.42. The van der Waals surface area contributed by atoms with Crippen molar-refractivity contribution in [2.75, 3.05) is 13.1 Å². The Morgan fingerprint density at radius 1 is 1.00 bits per heavy atom. The summed E-state index contributed by atoms with van der Waals surface area (Å²) in [5.74, 6) is 0. The van der Waals surface area contributed by atoms with Crippen LogP contribution in [-0.4, -0.2) is 21.5 Å². The molecule has 1 saturated carbocycles. The maximum Gasteiger partial charge on any atom is 0.207 e. The van der Waals surface area contributed by atoms with Crippen LogP contribution in [0.4, 0.5) is 0 Å². The second-order valence-corrected chi connectivity index (χ2v) is 9.84. The molecule has 1 rings (SSSR count). The van der Waals surface area contributed by atoms with Gasteiger partial charge in [0.25, 0.3) is 0 Å². The highest BCUT2D eigenvalue weighted by Crippen LogP contribution is 2.39. The van der Waals surface area contributed by atoms with Crippen LogP contribution in [0, 0.1) is 0 Å². The Morgan fingerprint density at radius 3 is 1.88 bits per heavy atom. The quantitative estimate of drug-likeness (QED) is 0.698. The Hall–Kier alpha value is 0.137. The van der Waals surface area contributed by atoms with E-state index in [9.17, 15) is 0 Å². The van der Waals surface area contributed by atoms with Crippen molar-refractivity contribution in [1.82, 2.24) is 9.96 Å². The minimum Gasteiger partial charge on any atom is -0.325 e. The Kier molecular flexibility index (Phi) is 6.01. The first kappa shape index (κ1) is 14.2. The highest BCUT2D eigenvalue weighted by Gasteiger charge is 2.43. The van der Waals surface area contributed by atoms with Crippen molar-refractivity contribution < 1.29 is 0 Å². The van der Waals surface area contributed by atoms with Gasteiger partial charge < -0.3 is 9.96 Å². The minimum atomic E-state index is -1.47. The van der Waals surface area contributed by atoms with Crippen LogP contribution in [0.3, 0.4) is 0 Å². The molecule has 2 N–H and O–H groups in total. The first-order chi connectivity index (χ1) is 7.67. The molecule has 0 spiro atoms. The van der Waals surface area contributed by atoms with Gasteiger partial charge in [-0.15, -0.1) is 0 Å². The zero-order valence-electron chi connectivity index (χ0n) is 11.6. The zero-order valence-corrected chi connectivity index (χ0v) is 12.6. The average Bonchev–Trinajstić information content (AvgIpc) is 2.29. The Balaban J connectivity index is 2.79. The average molecular weight is 242 g/mol. The summed E-state index contributed by atoms with van der Waals surface area (Å²) in [6, 6.07) is 0. The first-order valence-electron chi connectivity index (χ1n) is 7.17. The molecule has 0 aromatic rings. The fraction of sp³-hybridized carbons (Fsp3) is 1.00. The van der Waals surface area contributed by atoms with Crippen LogP contribution in [0.1, 0.15) is 59.8 Å². The molecule has 2 nitrogen and oxygen atoms in total. The van der Waals surface area contributed by atoms with Gasteiger partial charge in [-0.3, -0.25) is 0 Å². The molecule has 0 aromatic carbocycles. The highest BCUT2D eigenvalue weighted by atomic mass is 28.3. The van der Waals surface area contributed by atoms with Gasteiger partial charge in [0.15, 0.2) is 0 Å². The maximum atomic E-state index is 3.89. The largest absolute Gasteiger partial charge is 0.325 e. The van der Waals surface area contributed by atoms with E-state index in [0.717, 1.165) is 24.2 Å². The van der Waals surface area contributed by atoms with E-state index in [2.05, 4.69) is 37.7 Å². The molecule has 1 aliphatic carbocycles. The molecule has 1 aliphatic rings. The van der Waals surface area contributed by atoms with E-state index in [1.54, 1.807) is 0 Å². The molecule has 0 aromatic heterocycles. The predicted octanol–water partition coefficient (Wildman–Crippen LogP) is 3.39. The van der Waals surface area contributed by atoms with Crippen LogP contribution in [0.5, 0.6) is 0 Å². The molecule has 0 saturated heterocycles. The van der Waals surface area contributed by atoms with Gasteiger partial charge in [0.2, 0.25) is 8.40 Å². The second kappa shape index (κ2) is 6.77. The summed E-state index contributed by atoms with van der Waals surface area (Å²) in [5, 5.41) is 0. The van der Waals surface area contributed by atoms with Crippen molar-refractivity contribution in [2.45, 2.75) is 70.9 Å². The summed E-state index contributed by atoms with van der Waals surface area (Å²) in [5.41, 5.74) is 1.73. The van der Waals surface area contributed by atoms with E-state index in [1.165, 1.54) is 32.1 Å². The SMILES string of the molecule is CCN[Si](NCC)(C(C)C)C1CCCCC1. The summed E-state index contributed by atoms with van der Waals surface area (Å²) in [6.07, 6.45) is 7.25. The lowest BCUT2D eigenvalue weighted by Crippen LogP contribution is -2.67. The molecule has 0 heterocycles. The van der Waals surface area contributed by atoms with Crippen LogP contribution in [0.2, 0.25) is 11.1 Å². The topological polar surface area (TPSA) is 24.1 Å². The molecule has 96 valence electrons. The van der Waals surface area contributed by atoms with E-state index in [4.69, 9.17) is 0 Å². The lowest BCUT2D eigenvalue weighted by atomic mass is 10.0. The zero-order chi connectivity index (χ0) is 12.0. The van der Waals surface area contributed by atoms with Gasteiger partial charge in [-0.1, -0.05) is 59.8 Å². The van der Waals surface area contributed by atoms with Gasteiger partial charge in [0, 0.05) is 0 Å². The lowest BCUT2D eigenvalue weighted by Gasteiger charge is -2.44. The van der Waals surface area contributed by atoms with E-state index in [-0.39, 0.29) is 0 Å². The van der Waals surface area contributed by atoms with Crippen LogP contribution in [-0.2, 0) is 0 Å². The third-order valence-electron chi connectivity index (χ3n) is 4.10. The Morgan fingerprint density at radius 2 is 1.50 bits per heavy atom. The molecular weight excluding hydrogens is 212 g/mol. The van der Waals surface area contributed by atoms with Crippen LogP contribution >= 0.6 is 0 Å². The fourth-order valence-corrected chi connectivity index (χ4v) is 8.32. The first-order valence-corrected chi connectivity index (χ1v) is 9.32. The third-order valence-corrected chi connectivity index (χ3v) is 9.66. The van der Waals surface area contributed by atoms with Gasteiger partial charge in [0.05, 0.1) is 0 Å². The number of hydrogen-bond donors (Lipinski definition) is 2. The van der Waals surface area contributed by atoms with Crippen LogP contribution < -0.4 is 9.96 Å². The minimum absolute atomic E-state index is 0.787. The van der Waals surface area contributed by atoms with Gasteiger partial charge in [-0.2, -0.15) is 0 Å². The fourth-order valence-electron chi connectivity index (χ4n) is 3.37. The number of rotatable bonds is 6. The molecule has 0 bridgehead atoms. The summed E-state index contributed by atoms with van der Waals surface area (Å²) < 4.78 is 0. The normalized spacial score (nSPS) is 19.3. The van der Waals surface area contributed by atoms with E-state index >= 15 is 0 Å². The number of hydrogen-bond acceptors (Lipinski definition) is 2. The smallest absolute Gasteiger partial charge is 0.207 e. The Labute approximate surface area is 103 Å². The van der Waals surface area contributed by atoms with Gasteiger partial charge >= 0.3 is 0 Å². The summed E-state index contributed by atoms with van der Waals surface area (Å²) in [6.45, 7) is 11.6. The van der Waals surface area contributed by atoms with Crippen LogP contribution in [0.15, 0.2) is 0 Å². The van der Waals surface area contributed by atoms with E-state index in [0.29, 0.717) is 0 Å². The van der Waals surface area contributed by atoms with Crippen molar-refractivity contribution in [2.24, 2.45) is 0 Å². The molecule has 1 fully saturated rings. The molecule has 0 unspecified atom stereocenters. The summed E-state index contributed by atoms with van der Waals surface area (Å²) in [4.78, 5) is 7.79. The molecule has 3 heteroatoms. The molecule has 0 atom stereocenters. The van der Waals surface area contributed by atoms with Gasteiger partial charge in [-0.05, 0) is 24.2 Å². The summed E-state index contributed by atoms with van der Waals surface area (Å²) >= 11 is 0. The summed E-state index contributed by atoms with van der Waals surface area (Å²) in [7, 11) is -1.47. The van der Waals surface area contributed by atoms with E-state index < -0.39 is 8.40 Å². The van der Waals surface area contributed by atoms with Crippen molar-refractivity contribution in [3.63, 3.8) is 0 Å². The molecule has 0 radical (unpaired) electrons. The van der Waals surface area contributed by atoms with Crippen molar-refractivity contribution >= 4 is 8.40 Å².